The van der Waals surface area contributed by atoms with E-state index in [2.05, 4.69) is 27.9 Å². The van der Waals surface area contributed by atoms with E-state index in [4.69, 9.17) is 0 Å². The Bertz CT molecular complexity index is 893. The second kappa shape index (κ2) is 10.4. The van der Waals surface area contributed by atoms with Gasteiger partial charge in [0.05, 0.1) is 10.6 Å². The molecule has 3 rings (SSSR count). The van der Waals surface area contributed by atoms with Crippen LogP contribution in [0.2, 0.25) is 0 Å². The molecule has 0 radical (unpaired) electrons. The fourth-order valence-electron chi connectivity index (χ4n) is 3.65. The molecule has 1 aliphatic rings. The summed E-state index contributed by atoms with van der Waals surface area (Å²) in [5.74, 6) is -0.256. The normalized spacial score (nSPS) is 15.9. The van der Waals surface area contributed by atoms with E-state index in [1.54, 1.807) is 42.5 Å². The number of halogens is 1. The van der Waals surface area contributed by atoms with Gasteiger partial charge in [0.1, 0.15) is 6.54 Å². The van der Waals surface area contributed by atoms with E-state index >= 15 is 0 Å². The molecule has 7 heteroatoms. The van der Waals surface area contributed by atoms with Crippen LogP contribution in [-0.2, 0) is 14.8 Å². The number of carbonyl (C=O) groups excluding carboxylic acids is 1. The number of nitrogens with one attached hydrogen (secondary N) is 1. The van der Waals surface area contributed by atoms with E-state index < -0.39 is 10.0 Å². The van der Waals surface area contributed by atoms with E-state index in [1.165, 1.54) is 23.6 Å². The third-order valence-corrected chi connectivity index (χ3v) is 7.71. The summed E-state index contributed by atoms with van der Waals surface area (Å²) >= 11 is 2.17. The van der Waals surface area contributed by atoms with Crippen molar-refractivity contribution in [1.29, 1.82) is 0 Å². The molecule has 156 valence electrons. The molecule has 0 bridgehead atoms. The lowest BCUT2D eigenvalue weighted by Gasteiger charge is -2.26. The lowest BCUT2D eigenvalue weighted by atomic mass is 9.97. The zero-order chi connectivity index (χ0) is 20.7. The molecule has 0 atom stereocenters. The Morgan fingerprint density at radius 3 is 2.14 bits per heavy atom. The van der Waals surface area contributed by atoms with Gasteiger partial charge < -0.3 is 5.32 Å². The van der Waals surface area contributed by atoms with Crippen molar-refractivity contribution in [2.45, 2.75) is 55.9 Å². The summed E-state index contributed by atoms with van der Waals surface area (Å²) < 4.78 is 28.8. The Balaban J connectivity index is 1.81. The minimum Gasteiger partial charge on any atom is -0.352 e. The monoisotopic (exact) mass is 526 g/mol. The van der Waals surface area contributed by atoms with Gasteiger partial charge in [-0.15, -0.1) is 0 Å². The number of nitrogens with zero attached hydrogens (tertiary/aromatic N) is 1. The van der Waals surface area contributed by atoms with Gasteiger partial charge in [-0.05, 0) is 71.8 Å². The van der Waals surface area contributed by atoms with Gasteiger partial charge >= 0.3 is 0 Å². The maximum Gasteiger partial charge on any atom is 0.264 e. The van der Waals surface area contributed by atoms with Crippen molar-refractivity contribution in [3.8, 4) is 0 Å². The van der Waals surface area contributed by atoms with Crippen LogP contribution in [0, 0.1) is 3.57 Å². The van der Waals surface area contributed by atoms with E-state index in [1.807, 2.05) is 12.1 Å². The predicted octanol–water partition coefficient (Wildman–Crippen LogP) is 4.72. The first-order valence-corrected chi connectivity index (χ1v) is 12.6. The van der Waals surface area contributed by atoms with E-state index in [9.17, 15) is 13.2 Å². The summed E-state index contributed by atoms with van der Waals surface area (Å²) in [7, 11) is -3.85. The molecule has 1 saturated carbocycles. The number of rotatable bonds is 6. The van der Waals surface area contributed by atoms with Gasteiger partial charge in [-0.1, -0.05) is 50.3 Å². The molecule has 29 heavy (non-hydrogen) atoms. The first-order chi connectivity index (χ1) is 14.0. The quantitative estimate of drug-likeness (QED) is 0.555. The van der Waals surface area contributed by atoms with Crippen LogP contribution in [0.4, 0.5) is 5.69 Å². The van der Waals surface area contributed by atoms with Crippen LogP contribution in [-0.4, -0.2) is 26.9 Å². The second-order valence-electron chi connectivity index (χ2n) is 7.41. The maximum absolute atomic E-state index is 13.3. The van der Waals surface area contributed by atoms with Gasteiger partial charge in [-0.25, -0.2) is 8.42 Å². The van der Waals surface area contributed by atoms with Crippen molar-refractivity contribution in [3.05, 3.63) is 58.2 Å². The van der Waals surface area contributed by atoms with E-state index in [0.29, 0.717) is 5.69 Å². The van der Waals surface area contributed by atoms with Crippen LogP contribution in [0.15, 0.2) is 59.5 Å². The van der Waals surface area contributed by atoms with E-state index in [-0.39, 0.29) is 23.4 Å². The van der Waals surface area contributed by atoms with Crippen LogP contribution in [0.1, 0.15) is 44.9 Å². The Morgan fingerprint density at radius 2 is 1.52 bits per heavy atom. The smallest absolute Gasteiger partial charge is 0.264 e. The number of hydrogen-bond donors (Lipinski definition) is 1. The molecular formula is C22H27IN2O3S. The molecule has 0 spiro atoms. The lowest BCUT2D eigenvalue weighted by Crippen LogP contribution is -2.44. The van der Waals surface area contributed by atoms with Crippen LogP contribution in [0.5, 0.6) is 0 Å². The Labute approximate surface area is 187 Å². The molecule has 1 N–H and O–H groups in total. The first-order valence-electron chi connectivity index (χ1n) is 10.1. The van der Waals surface area contributed by atoms with Crippen LogP contribution < -0.4 is 9.62 Å². The average molecular weight is 526 g/mol. The first kappa shape index (κ1) is 22.1. The molecular weight excluding hydrogens is 499 g/mol. The second-order valence-corrected chi connectivity index (χ2v) is 10.5. The SMILES string of the molecule is O=C(CN(c1ccc(I)cc1)S(=O)(=O)c1ccccc1)NC1CCCCCCC1. The molecule has 2 aromatic rings. The topological polar surface area (TPSA) is 66.5 Å². The molecule has 1 aliphatic carbocycles. The summed E-state index contributed by atoms with van der Waals surface area (Å²) in [5.41, 5.74) is 0.488. The van der Waals surface area contributed by atoms with Crippen molar-refractivity contribution in [2.24, 2.45) is 0 Å². The third-order valence-electron chi connectivity index (χ3n) is 5.20. The number of sulfonamides is 1. The van der Waals surface area contributed by atoms with Gasteiger partial charge in [0, 0.05) is 9.61 Å². The van der Waals surface area contributed by atoms with Crippen molar-refractivity contribution in [2.75, 3.05) is 10.8 Å². The zero-order valence-corrected chi connectivity index (χ0v) is 19.4. The molecule has 0 heterocycles. The standard InChI is InChI=1S/C22H27IN2O3S/c23-18-13-15-20(16-14-18)25(29(27,28)21-11-7-4-8-12-21)17-22(26)24-19-9-5-2-1-3-6-10-19/h4,7-8,11-16,19H,1-3,5-6,9-10,17H2,(H,24,26). The molecule has 1 fully saturated rings. The van der Waals surface area contributed by atoms with Crippen molar-refractivity contribution < 1.29 is 13.2 Å². The number of benzene rings is 2. The predicted molar refractivity (Wildman–Crippen MR) is 124 cm³/mol. The molecule has 1 amide bonds. The van der Waals surface area contributed by atoms with Crippen LogP contribution >= 0.6 is 22.6 Å². The zero-order valence-electron chi connectivity index (χ0n) is 16.4. The summed E-state index contributed by atoms with van der Waals surface area (Å²) in [4.78, 5) is 13.0. The third kappa shape index (κ3) is 6.18. The highest BCUT2D eigenvalue weighted by molar-refractivity contribution is 14.1. The van der Waals surface area contributed by atoms with Crippen molar-refractivity contribution >= 4 is 44.2 Å². The van der Waals surface area contributed by atoms with Gasteiger partial charge in [0.15, 0.2) is 0 Å². The fourth-order valence-corrected chi connectivity index (χ4v) is 5.45. The molecule has 0 aliphatic heterocycles. The summed E-state index contributed by atoms with van der Waals surface area (Å²) in [6.07, 6.45) is 7.78. The van der Waals surface area contributed by atoms with Crippen LogP contribution in [0.25, 0.3) is 0 Å². The summed E-state index contributed by atoms with van der Waals surface area (Å²) in [6, 6.07) is 15.6. The molecule has 2 aromatic carbocycles. The lowest BCUT2D eigenvalue weighted by molar-refractivity contribution is -0.120. The summed E-state index contributed by atoms with van der Waals surface area (Å²) in [6.45, 7) is -0.228. The minimum absolute atomic E-state index is 0.126. The van der Waals surface area contributed by atoms with Gasteiger partial charge in [0.25, 0.3) is 10.0 Å². The number of amides is 1. The largest absolute Gasteiger partial charge is 0.352 e. The average Bonchev–Trinajstić information content (AvgIpc) is 2.69. The Hall–Kier alpha value is -1.61. The van der Waals surface area contributed by atoms with Gasteiger partial charge in [-0.3, -0.25) is 9.10 Å². The highest BCUT2D eigenvalue weighted by atomic mass is 127. The van der Waals surface area contributed by atoms with Crippen LogP contribution in [0.3, 0.4) is 0 Å². The highest BCUT2D eigenvalue weighted by Crippen LogP contribution is 2.24. The fraction of sp³-hybridized carbons (Fsp3) is 0.409. The highest BCUT2D eigenvalue weighted by Gasteiger charge is 2.27. The number of anilines is 1. The van der Waals surface area contributed by atoms with Gasteiger partial charge in [0.2, 0.25) is 5.91 Å². The molecule has 5 nitrogen and oxygen atoms in total. The maximum atomic E-state index is 13.3. The number of carbonyl (C=O) groups is 1. The Kier molecular flexibility index (Phi) is 7.94. The number of hydrogen-bond acceptors (Lipinski definition) is 3. The van der Waals surface area contributed by atoms with Crippen molar-refractivity contribution in [3.63, 3.8) is 0 Å². The van der Waals surface area contributed by atoms with E-state index in [0.717, 1.165) is 29.3 Å². The summed E-state index contributed by atoms with van der Waals surface area (Å²) in [5, 5.41) is 3.08. The minimum atomic E-state index is -3.85. The molecule has 0 aromatic heterocycles. The van der Waals surface area contributed by atoms with Gasteiger partial charge in [-0.2, -0.15) is 0 Å². The van der Waals surface area contributed by atoms with Crippen molar-refractivity contribution in [1.82, 2.24) is 5.32 Å². The molecule has 0 unspecified atom stereocenters. The molecule has 0 saturated heterocycles. The Morgan fingerprint density at radius 1 is 0.931 bits per heavy atom.